The molecule has 6 aromatic rings. The summed E-state index contributed by atoms with van der Waals surface area (Å²) in [6, 6.07) is 15.8. The van der Waals surface area contributed by atoms with Gasteiger partial charge in [0.25, 0.3) is 11.5 Å². The molecule has 2 aromatic carbocycles. The number of amides is 1. The third kappa shape index (κ3) is 5.23. The third-order valence-electron chi connectivity index (χ3n) is 7.41. The Balaban J connectivity index is 1.45. The van der Waals surface area contributed by atoms with Gasteiger partial charge >= 0.3 is 0 Å². The molecule has 0 aliphatic rings. The Morgan fingerprint density at radius 3 is 2.66 bits per heavy atom. The van der Waals surface area contributed by atoms with Crippen molar-refractivity contribution in [3.05, 3.63) is 117 Å². The molecule has 0 aliphatic heterocycles. The van der Waals surface area contributed by atoms with Crippen LogP contribution in [0.1, 0.15) is 51.7 Å². The van der Waals surface area contributed by atoms with Gasteiger partial charge in [0, 0.05) is 38.5 Å². The summed E-state index contributed by atoms with van der Waals surface area (Å²) < 4.78 is 10.1. The van der Waals surface area contributed by atoms with Crippen LogP contribution in [0.4, 0.5) is 0 Å². The number of rotatable bonds is 7. The molecule has 1 atom stereocenters. The van der Waals surface area contributed by atoms with Crippen LogP contribution in [-0.2, 0) is 18.2 Å². The number of fused-ring (bicyclic) bond motifs is 2. The highest BCUT2D eigenvalue weighted by atomic mass is 16.5. The van der Waals surface area contributed by atoms with Crippen LogP contribution in [0.3, 0.4) is 0 Å². The maximum absolute atomic E-state index is 14.3. The summed E-state index contributed by atoms with van der Waals surface area (Å²) >= 11 is 0. The molecule has 0 unspecified atom stereocenters. The molecule has 11 heteroatoms. The molecular weight excluding hydrogens is 556 g/mol. The third-order valence-corrected chi connectivity index (χ3v) is 7.41. The second-order valence-electron chi connectivity index (χ2n) is 10.3. The van der Waals surface area contributed by atoms with Crippen molar-refractivity contribution in [2.45, 2.75) is 26.3 Å². The van der Waals surface area contributed by atoms with Crippen molar-refractivity contribution in [2.24, 2.45) is 7.05 Å². The number of aryl methyl sites for hydroxylation is 2. The fraction of sp³-hybridized carbons (Fsp3) is 0.212. The van der Waals surface area contributed by atoms with E-state index < -0.39 is 6.04 Å². The Bertz CT molecular complexity index is 2130. The van der Waals surface area contributed by atoms with Gasteiger partial charge in [0.1, 0.15) is 11.4 Å². The molecule has 4 aromatic heterocycles. The van der Waals surface area contributed by atoms with Crippen molar-refractivity contribution in [1.82, 2.24) is 39.2 Å². The van der Waals surface area contributed by atoms with Crippen LogP contribution in [0.2, 0.25) is 0 Å². The highest BCUT2D eigenvalue weighted by molar-refractivity contribution is 6.01. The first-order valence-corrected chi connectivity index (χ1v) is 14.1. The monoisotopic (exact) mass is 586 g/mol. The van der Waals surface area contributed by atoms with Crippen LogP contribution < -0.4 is 10.9 Å². The standard InChI is InChI=1S/C33H30N8O3/c1-21-28(31-34-17-9-18-40(31)38-21)32(42)36-22(2)30-37-26-13-8-10-23(14-15-24-20-35-39(3)27(24)16-19-44-4)29(26)33(43)41(30)25-11-6-5-7-12-25/h5-13,17-18,20,22H,16,19H2,1-4H3,(H,36,42)/t22-/m1/s1. The number of nitrogens with one attached hydrogen (secondary N) is 1. The van der Waals surface area contributed by atoms with Crippen molar-refractivity contribution < 1.29 is 9.53 Å². The Hall–Kier alpha value is -5.60. The van der Waals surface area contributed by atoms with E-state index in [1.54, 1.807) is 60.9 Å². The minimum absolute atomic E-state index is 0.290. The number of hydrogen-bond acceptors (Lipinski definition) is 7. The van der Waals surface area contributed by atoms with Crippen LogP contribution >= 0.6 is 0 Å². The lowest BCUT2D eigenvalue weighted by atomic mass is 10.1. The summed E-state index contributed by atoms with van der Waals surface area (Å²) in [4.78, 5) is 37.1. The number of carbonyl (C=O) groups is 1. The van der Waals surface area contributed by atoms with E-state index in [0.29, 0.717) is 57.9 Å². The van der Waals surface area contributed by atoms with E-state index >= 15 is 0 Å². The van der Waals surface area contributed by atoms with E-state index in [0.717, 1.165) is 11.3 Å². The molecule has 6 rings (SSSR count). The summed E-state index contributed by atoms with van der Waals surface area (Å²) in [5.74, 6) is 6.41. The zero-order valence-corrected chi connectivity index (χ0v) is 24.8. The van der Waals surface area contributed by atoms with Gasteiger partial charge in [-0.3, -0.25) is 18.8 Å². The van der Waals surface area contributed by atoms with Gasteiger partial charge in [-0.05, 0) is 44.2 Å². The highest BCUT2D eigenvalue weighted by Gasteiger charge is 2.24. The smallest absolute Gasteiger partial charge is 0.267 e. The summed E-state index contributed by atoms with van der Waals surface area (Å²) in [6.07, 6.45) is 5.73. The molecule has 0 bridgehead atoms. The molecule has 0 saturated heterocycles. The molecular formula is C33H30N8O3. The second kappa shape index (κ2) is 11.9. The van der Waals surface area contributed by atoms with E-state index in [1.165, 1.54) is 4.57 Å². The first kappa shape index (κ1) is 28.5. The molecule has 44 heavy (non-hydrogen) atoms. The summed E-state index contributed by atoms with van der Waals surface area (Å²) in [6.45, 7) is 4.10. The molecule has 0 saturated carbocycles. The number of benzene rings is 2. The Kier molecular flexibility index (Phi) is 7.74. The first-order valence-electron chi connectivity index (χ1n) is 14.1. The highest BCUT2D eigenvalue weighted by Crippen LogP contribution is 2.22. The number of methoxy groups -OCH3 is 1. The van der Waals surface area contributed by atoms with E-state index in [1.807, 2.05) is 49.5 Å². The normalized spacial score (nSPS) is 11.8. The first-order chi connectivity index (χ1) is 21.4. The van der Waals surface area contributed by atoms with E-state index in [4.69, 9.17) is 9.72 Å². The van der Waals surface area contributed by atoms with Crippen molar-refractivity contribution in [1.29, 1.82) is 0 Å². The Labute approximate surface area is 253 Å². The molecule has 0 spiro atoms. The lowest BCUT2D eigenvalue weighted by Crippen LogP contribution is -2.33. The number of ether oxygens (including phenoxy) is 1. The van der Waals surface area contributed by atoms with E-state index in [-0.39, 0.29) is 11.5 Å². The van der Waals surface area contributed by atoms with Crippen LogP contribution in [0.5, 0.6) is 0 Å². The topological polar surface area (TPSA) is 121 Å². The number of carbonyl (C=O) groups excluding carboxylic acids is 1. The minimum Gasteiger partial charge on any atom is -0.384 e. The van der Waals surface area contributed by atoms with Crippen molar-refractivity contribution in [3.8, 4) is 17.5 Å². The molecule has 11 nitrogen and oxygen atoms in total. The average molecular weight is 587 g/mol. The number of para-hydroxylation sites is 1. The van der Waals surface area contributed by atoms with Gasteiger partial charge < -0.3 is 10.1 Å². The lowest BCUT2D eigenvalue weighted by molar-refractivity contribution is 0.0938. The Morgan fingerprint density at radius 1 is 1.07 bits per heavy atom. The number of aromatic nitrogens is 7. The molecule has 0 aliphatic carbocycles. The zero-order chi connectivity index (χ0) is 30.8. The zero-order valence-electron chi connectivity index (χ0n) is 24.8. The predicted molar refractivity (Wildman–Crippen MR) is 166 cm³/mol. The summed E-state index contributed by atoms with van der Waals surface area (Å²) in [7, 11) is 3.52. The van der Waals surface area contributed by atoms with Gasteiger partial charge in [-0.2, -0.15) is 10.2 Å². The minimum atomic E-state index is -0.647. The molecule has 4 heterocycles. The average Bonchev–Trinajstić information content (AvgIpc) is 3.56. The maximum atomic E-state index is 14.3. The lowest BCUT2D eigenvalue weighted by Gasteiger charge is -2.20. The predicted octanol–water partition coefficient (Wildman–Crippen LogP) is 3.55. The molecule has 1 amide bonds. The van der Waals surface area contributed by atoms with Crippen LogP contribution in [0.25, 0.3) is 22.2 Å². The SMILES string of the molecule is COCCc1c(C#Cc2cccc3nc([C@@H](C)NC(=O)c4c(C)nn5cccnc45)n(-c4ccccc4)c(=O)c23)cnn1C. The van der Waals surface area contributed by atoms with Gasteiger partial charge in [-0.1, -0.05) is 36.1 Å². The van der Waals surface area contributed by atoms with Crippen molar-refractivity contribution >= 4 is 22.5 Å². The fourth-order valence-corrected chi connectivity index (χ4v) is 5.26. The van der Waals surface area contributed by atoms with Crippen LogP contribution in [-0.4, -0.2) is 53.6 Å². The molecule has 0 fully saturated rings. The summed E-state index contributed by atoms with van der Waals surface area (Å²) in [5, 5.41) is 12.2. The van der Waals surface area contributed by atoms with Gasteiger partial charge in [-0.25, -0.2) is 14.5 Å². The molecule has 220 valence electrons. The Morgan fingerprint density at radius 2 is 1.86 bits per heavy atom. The maximum Gasteiger partial charge on any atom is 0.267 e. The van der Waals surface area contributed by atoms with Crippen LogP contribution in [0.15, 0.2) is 78.0 Å². The van der Waals surface area contributed by atoms with Crippen molar-refractivity contribution in [3.63, 3.8) is 0 Å². The van der Waals surface area contributed by atoms with Gasteiger partial charge in [-0.15, -0.1) is 0 Å². The largest absolute Gasteiger partial charge is 0.384 e. The fourth-order valence-electron chi connectivity index (χ4n) is 5.26. The summed E-state index contributed by atoms with van der Waals surface area (Å²) in [5.41, 5.74) is 4.42. The van der Waals surface area contributed by atoms with Gasteiger partial charge in [0.15, 0.2) is 5.65 Å². The van der Waals surface area contributed by atoms with Crippen LogP contribution in [0, 0.1) is 18.8 Å². The van der Waals surface area contributed by atoms with Gasteiger partial charge in [0.2, 0.25) is 0 Å². The number of nitrogens with zero attached hydrogens (tertiary/aromatic N) is 7. The van der Waals surface area contributed by atoms with Crippen molar-refractivity contribution in [2.75, 3.05) is 13.7 Å². The van der Waals surface area contributed by atoms with E-state index in [9.17, 15) is 9.59 Å². The second-order valence-corrected chi connectivity index (χ2v) is 10.3. The molecule has 0 radical (unpaired) electrons. The van der Waals surface area contributed by atoms with E-state index in [2.05, 4.69) is 32.3 Å². The molecule has 1 N–H and O–H groups in total. The van der Waals surface area contributed by atoms with Gasteiger partial charge in [0.05, 0.1) is 52.4 Å². The number of hydrogen-bond donors (Lipinski definition) is 1. The quantitative estimate of drug-likeness (QED) is 0.284.